The van der Waals surface area contributed by atoms with E-state index in [0.717, 1.165) is 17.7 Å². The van der Waals surface area contributed by atoms with Gasteiger partial charge in [0, 0.05) is 13.1 Å². The maximum atomic E-state index is 12.9. The summed E-state index contributed by atoms with van der Waals surface area (Å²) in [6, 6.07) is 15.1. The lowest BCUT2D eigenvalue weighted by molar-refractivity contribution is -0.118. The highest BCUT2D eigenvalue weighted by molar-refractivity contribution is 7.99. The minimum absolute atomic E-state index is 0.0586. The monoisotopic (exact) mass is 425 g/mol. The molecule has 0 aliphatic carbocycles. The van der Waals surface area contributed by atoms with E-state index in [2.05, 4.69) is 24.1 Å². The lowest BCUT2D eigenvalue weighted by Gasteiger charge is -2.15. The first-order valence-electron chi connectivity index (χ1n) is 10.00. The Hall–Kier alpha value is -2.80. The zero-order chi connectivity index (χ0) is 21.5. The number of ether oxygens (including phenoxy) is 1. The normalized spacial score (nSPS) is 11.1. The molecule has 0 spiro atoms. The first kappa shape index (κ1) is 21.9. The molecule has 0 unspecified atom stereocenters. The maximum Gasteiger partial charge on any atom is 0.262 e. The van der Waals surface area contributed by atoms with Gasteiger partial charge in [-0.25, -0.2) is 4.98 Å². The van der Waals surface area contributed by atoms with Gasteiger partial charge in [0.15, 0.2) is 5.16 Å². The fraction of sp³-hybridized carbons (Fsp3) is 0.348. The standard InChI is InChI=1S/C23H27N3O3S/c1-16(2)14-26-22(28)19-6-4-5-7-20(19)25-23(26)30-15-21(27)24-13-12-17-8-10-18(29-3)11-9-17/h4-11,16H,12-15H2,1-3H3,(H,24,27). The molecule has 1 N–H and O–H groups in total. The smallest absolute Gasteiger partial charge is 0.262 e. The summed E-state index contributed by atoms with van der Waals surface area (Å²) >= 11 is 1.30. The molecule has 0 saturated heterocycles. The first-order chi connectivity index (χ1) is 14.5. The van der Waals surface area contributed by atoms with Gasteiger partial charge in [0.05, 0.1) is 23.8 Å². The molecule has 3 rings (SSSR count). The summed E-state index contributed by atoms with van der Waals surface area (Å²) in [4.78, 5) is 29.9. The van der Waals surface area contributed by atoms with E-state index in [9.17, 15) is 9.59 Å². The van der Waals surface area contributed by atoms with E-state index in [1.165, 1.54) is 11.8 Å². The van der Waals surface area contributed by atoms with Crippen LogP contribution >= 0.6 is 11.8 Å². The number of amides is 1. The average Bonchev–Trinajstić information content (AvgIpc) is 2.75. The van der Waals surface area contributed by atoms with E-state index in [1.807, 2.05) is 42.5 Å². The molecular formula is C23H27N3O3S. The summed E-state index contributed by atoms with van der Waals surface area (Å²) in [7, 11) is 1.64. The summed E-state index contributed by atoms with van der Waals surface area (Å²) in [5, 5.41) is 4.12. The van der Waals surface area contributed by atoms with Crippen molar-refractivity contribution in [1.82, 2.24) is 14.9 Å². The summed E-state index contributed by atoms with van der Waals surface area (Å²) in [6.45, 7) is 5.23. The second-order valence-electron chi connectivity index (χ2n) is 7.46. The largest absolute Gasteiger partial charge is 0.497 e. The lowest BCUT2D eigenvalue weighted by Crippen LogP contribution is -2.29. The van der Waals surface area contributed by atoms with E-state index >= 15 is 0 Å². The number of aromatic nitrogens is 2. The number of nitrogens with zero attached hydrogens (tertiary/aromatic N) is 2. The summed E-state index contributed by atoms with van der Waals surface area (Å²) in [5.41, 5.74) is 1.73. The lowest BCUT2D eigenvalue weighted by atomic mass is 10.1. The molecule has 158 valence electrons. The molecule has 30 heavy (non-hydrogen) atoms. The summed E-state index contributed by atoms with van der Waals surface area (Å²) in [5.74, 6) is 1.25. The van der Waals surface area contributed by atoms with E-state index in [1.54, 1.807) is 17.7 Å². The molecule has 0 aliphatic heterocycles. The van der Waals surface area contributed by atoms with Crippen molar-refractivity contribution in [3.8, 4) is 5.75 Å². The molecular weight excluding hydrogens is 398 g/mol. The van der Waals surface area contributed by atoms with Gasteiger partial charge in [0.2, 0.25) is 5.91 Å². The van der Waals surface area contributed by atoms with Crippen LogP contribution in [-0.4, -0.2) is 34.9 Å². The number of para-hydroxylation sites is 1. The Labute approximate surface area is 180 Å². The van der Waals surface area contributed by atoms with Crippen LogP contribution in [0.3, 0.4) is 0 Å². The number of rotatable bonds is 9. The number of benzene rings is 2. The minimum atomic E-state index is -0.0768. The number of methoxy groups -OCH3 is 1. The third kappa shape index (κ3) is 5.63. The zero-order valence-electron chi connectivity index (χ0n) is 17.6. The Kier molecular flexibility index (Phi) is 7.52. The van der Waals surface area contributed by atoms with Crippen molar-refractivity contribution in [2.24, 2.45) is 5.92 Å². The van der Waals surface area contributed by atoms with Crippen LogP contribution in [0.4, 0.5) is 0 Å². The van der Waals surface area contributed by atoms with Gasteiger partial charge in [-0.1, -0.05) is 49.9 Å². The third-order valence-electron chi connectivity index (χ3n) is 4.60. The molecule has 0 bridgehead atoms. The Morgan fingerprint density at radius 2 is 1.90 bits per heavy atom. The van der Waals surface area contributed by atoms with E-state index in [4.69, 9.17) is 4.74 Å². The third-order valence-corrected chi connectivity index (χ3v) is 5.58. The molecule has 0 saturated carbocycles. The number of thioether (sulfide) groups is 1. The Bertz CT molecular complexity index is 1060. The van der Waals surface area contributed by atoms with Crippen molar-refractivity contribution in [3.63, 3.8) is 0 Å². The van der Waals surface area contributed by atoms with Crippen LogP contribution in [0, 0.1) is 5.92 Å². The molecule has 1 heterocycles. The number of carbonyl (C=O) groups is 1. The predicted molar refractivity (Wildman–Crippen MR) is 121 cm³/mol. The van der Waals surface area contributed by atoms with Crippen molar-refractivity contribution in [3.05, 3.63) is 64.4 Å². The molecule has 7 heteroatoms. The number of carbonyl (C=O) groups excluding carboxylic acids is 1. The van der Waals surface area contributed by atoms with Crippen LogP contribution in [0.1, 0.15) is 19.4 Å². The fourth-order valence-corrected chi connectivity index (χ4v) is 3.94. The van der Waals surface area contributed by atoms with Crippen molar-refractivity contribution in [2.45, 2.75) is 32.0 Å². The topological polar surface area (TPSA) is 73.2 Å². The molecule has 0 radical (unpaired) electrons. The number of hydrogen-bond donors (Lipinski definition) is 1. The van der Waals surface area contributed by atoms with Crippen molar-refractivity contribution in [2.75, 3.05) is 19.4 Å². The maximum absolute atomic E-state index is 12.9. The van der Waals surface area contributed by atoms with Crippen LogP contribution in [0.2, 0.25) is 0 Å². The SMILES string of the molecule is COc1ccc(CCNC(=O)CSc2nc3ccccc3c(=O)n2CC(C)C)cc1. The molecule has 3 aromatic rings. The van der Waals surface area contributed by atoms with Crippen molar-refractivity contribution < 1.29 is 9.53 Å². The number of hydrogen-bond acceptors (Lipinski definition) is 5. The number of nitrogens with one attached hydrogen (secondary N) is 1. The van der Waals surface area contributed by atoms with Crippen LogP contribution in [0.5, 0.6) is 5.75 Å². The molecule has 0 fully saturated rings. The van der Waals surface area contributed by atoms with Gasteiger partial charge in [-0.05, 0) is 42.2 Å². The summed E-state index contributed by atoms with van der Waals surface area (Å²) in [6.07, 6.45) is 0.743. The van der Waals surface area contributed by atoms with E-state index < -0.39 is 0 Å². The van der Waals surface area contributed by atoms with Gasteiger partial charge in [0.25, 0.3) is 5.56 Å². The van der Waals surface area contributed by atoms with Gasteiger partial charge < -0.3 is 10.1 Å². The Morgan fingerprint density at radius 1 is 1.17 bits per heavy atom. The van der Waals surface area contributed by atoms with Crippen molar-refractivity contribution in [1.29, 1.82) is 0 Å². The minimum Gasteiger partial charge on any atom is -0.497 e. The van der Waals surface area contributed by atoms with Gasteiger partial charge in [0.1, 0.15) is 5.75 Å². The molecule has 6 nitrogen and oxygen atoms in total. The first-order valence-corrected chi connectivity index (χ1v) is 11.0. The molecule has 1 aromatic heterocycles. The van der Waals surface area contributed by atoms with E-state index in [0.29, 0.717) is 35.1 Å². The second-order valence-corrected chi connectivity index (χ2v) is 8.40. The van der Waals surface area contributed by atoms with Crippen LogP contribution in [0.25, 0.3) is 10.9 Å². The fourth-order valence-electron chi connectivity index (χ4n) is 3.10. The Morgan fingerprint density at radius 3 is 2.60 bits per heavy atom. The zero-order valence-corrected chi connectivity index (χ0v) is 18.4. The van der Waals surface area contributed by atoms with Gasteiger partial charge in [-0.15, -0.1) is 0 Å². The highest BCUT2D eigenvalue weighted by atomic mass is 32.2. The molecule has 0 atom stereocenters. The molecule has 0 aliphatic rings. The van der Waals surface area contributed by atoms with Crippen LogP contribution in [0.15, 0.2) is 58.5 Å². The van der Waals surface area contributed by atoms with Crippen LogP contribution in [-0.2, 0) is 17.8 Å². The van der Waals surface area contributed by atoms with Gasteiger partial charge in [-0.3, -0.25) is 14.2 Å². The highest BCUT2D eigenvalue weighted by Gasteiger charge is 2.14. The van der Waals surface area contributed by atoms with E-state index in [-0.39, 0.29) is 17.2 Å². The highest BCUT2D eigenvalue weighted by Crippen LogP contribution is 2.19. The number of fused-ring (bicyclic) bond motifs is 1. The quantitative estimate of drug-likeness (QED) is 0.420. The predicted octanol–water partition coefficient (Wildman–Crippen LogP) is 3.51. The van der Waals surface area contributed by atoms with Crippen molar-refractivity contribution >= 4 is 28.6 Å². The summed E-state index contributed by atoms with van der Waals surface area (Å²) < 4.78 is 6.83. The molecule has 2 aromatic carbocycles. The second kappa shape index (κ2) is 10.3. The van der Waals surface area contributed by atoms with Crippen LogP contribution < -0.4 is 15.6 Å². The Balaban J connectivity index is 1.62. The molecule has 1 amide bonds. The average molecular weight is 426 g/mol. The van der Waals surface area contributed by atoms with Gasteiger partial charge in [-0.2, -0.15) is 0 Å². The van der Waals surface area contributed by atoms with Gasteiger partial charge >= 0.3 is 0 Å².